The molecule has 47 heavy (non-hydrogen) atoms. The van der Waals surface area contributed by atoms with E-state index in [0.29, 0.717) is 5.88 Å². The topological polar surface area (TPSA) is 69.6 Å². The molecule has 3 saturated heterocycles. The monoisotopic (exact) mass is 663 g/mol. The minimum Gasteiger partial charge on any atom is -0.481 e. The number of piperazine rings is 1. The zero-order valence-corrected chi connectivity index (χ0v) is 30.0. The number of benzene rings is 2. The number of ether oxygens (including phenoxy) is 2. The Morgan fingerprint density at radius 2 is 1.77 bits per heavy atom. The summed E-state index contributed by atoms with van der Waals surface area (Å²) in [6, 6.07) is 12.7. The molecular formula is C38H54ClN5O3. The van der Waals surface area contributed by atoms with E-state index in [2.05, 4.69) is 59.3 Å². The van der Waals surface area contributed by atoms with Crippen LogP contribution in [0.4, 0.5) is 10.5 Å². The summed E-state index contributed by atoms with van der Waals surface area (Å²) in [6.07, 6.45) is 9.40. The summed E-state index contributed by atoms with van der Waals surface area (Å²) >= 11 is 6.69. The van der Waals surface area contributed by atoms with Gasteiger partial charge in [0.2, 0.25) is 5.88 Å². The first kappa shape index (κ1) is 35.1. The fourth-order valence-corrected chi connectivity index (χ4v) is 7.44. The van der Waals surface area contributed by atoms with E-state index in [1.807, 2.05) is 37.8 Å². The van der Waals surface area contributed by atoms with Gasteiger partial charge >= 0.3 is 6.09 Å². The molecule has 9 heteroatoms. The summed E-state index contributed by atoms with van der Waals surface area (Å²) in [5.74, 6) is 1.63. The van der Waals surface area contributed by atoms with Gasteiger partial charge in [0, 0.05) is 37.3 Å². The molecule has 4 aliphatic rings. The quantitative estimate of drug-likeness (QED) is 0.191. The molecule has 2 unspecified atom stereocenters. The van der Waals surface area contributed by atoms with Crippen molar-refractivity contribution in [2.75, 3.05) is 51.3 Å². The molecule has 2 aromatic carbocycles. The summed E-state index contributed by atoms with van der Waals surface area (Å²) < 4.78 is 11.5. The van der Waals surface area contributed by atoms with Crippen LogP contribution in [-0.2, 0) is 9.47 Å². The number of allylic oxidation sites excluding steroid dienone is 1. The van der Waals surface area contributed by atoms with E-state index >= 15 is 0 Å². The maximum absolute atomic E-state index is 13.1. The van der Waals surface area contributed by atoms with Crippen LogP contribution in [0, 0.1) is 0 Å². The third kappa shape index (κ3) is 8.63. The molecule has 1 amide bonds. The standard InChI is InChI=1S/C34H45ClN4O3.C4H9N/c1-7-8-15-30(41-6)36-32(38-21-25-16-17-26(22-38)39(25)33(40)42-34(3,4)5)27-18-19-37(20-23(27)2)29-14-10-12-24-11-9-13-28(35)31(24)29;1-2-4-5-3-1/h9-15,25-26H,7-8,16-22H2,1-6H3;5H,1-4H2/b30-15-,36-32+;. The van der Waals surface area contributed by atoms with Crippen molar-refractivity contribution in [3.05, 3.63) is 64.5 Å². The SMILES string of the molecule is C1CCNC1.CCC/C=C(/N=C(\C1=C(C)CN(c2cccc3cccc(Cl)c23)CC1)N1CC2CCC(C1)N2C(=O)OC(C)(C)C)OC. The maximum Gasteiger partial charge on any atom is 0.410 e. The molecule has 4 heterocycles. The molecule has 0 spiro atoms. The summed E-state index contributed by atoms with van der Waals surface area (Å²) in [5, 5.41) is 6.26. The van der Waals surface area contributed by atoms with Crippen molar-refractivity contribution >= 4 is 40.0 Å². The van der Waals surface area contributed by atoms with Crippen molar-refractivity contribution in [2.45, 2.75) is 97.2 Å². The lowest BCUT2D eigenvalue weighted by Crippen LogP contribution is -2.58. The predicted octanol–water partition coefficient (Wildman–Crippen LogP) is 8.16. The summed E-state index contributed by atoms with van der Waals surface area (Å²) in [6.45, 7) is 15.8. The number of fused-ring (bicyclic) bond motifs is 3. The van der Waals surface area contributed by atoms with Gasteiger partial charge in [-0.2, -0.15) is 4.99 Å². The number of unbranched alkanes of at least 4 members (excludes halogenated alkanes) is 1. The van der Waals surface area contributed by atoms with Gasteiger partial charge in [-0.3, -0.25) is 4.90 Å². The first-order valence-corrected chi connectivity index (χ1v) is 17.9. The fourth-order valence-electron chi connectivity index (χ4n) is 7.16. The molecule has 256 valence electrons. The molecule has 0 aliphatic carbocycles. The van der Waals surface area contributed by atoms with Crippen LogP contribution in [0.25, 0.3) is 10.8 Å². The zero-order valence-electron chi connectivity index (χ0n) is 29.3. The Hall–Kier alpha value is -3.23. The van der Waals surface area contributed by atoms with Gasteiger partial charge in [0.25, 0.3) is 0 Å². The molecule has 6 rings (SSSR count). The lowest BCUT2D eigenvalue weighted by atomic mass is 9.97. The average molecular weight is 664 g/mol. The van der Waals surface area contributed by atoms with Crippen LogP contribution in [-0.4, -0.2) is 85.8 Å². The van der Waals surface area contributed by atoms with Crippen LogP contribution in [0.3, 0.4) is 0 Å². The molecular weight excluding hydrogens is 610 g/mol. The average Bonchev–Trinajstić information content (AvgIpc) is 3.71. The van der Waals surface area contributed by atoms with Gasteiger partial charge < -0.3 is 24.6 Å². The number of methoxy groups -OCH3 is 1. The van der Waals surface area contributed by atoms with Crippen LogP contribution in [0.15, 0.2) is 64.5 Å². The van der Waals surface area contributed by atoms with Crippen LogP contribution in [0.1, 0.15) is 79.6 Å². The molecule has 0 radical (unpaired) electrons. The van der Waals surface area contributed by atoms with Crippen molar-refractivity contribution in [3.8, 4) is 0 Å². The maximum atomic E-state index is 13.1. The van der Waals surface area contributed by atoms with E-state index in [0.717, 1.165) is 79.9 Å². The van der Waals surface area contributed by atoms with Crippen LogP contribution >= 0.6 is 11.6 Å². The highest BCUT2D eigenvalue weighted by Gasteiger charge is 2.45. The number of nitrogens with one attached hydrogen (secondary N) is 1. The number of amides is 1. The highest BCUT2D eigenvalue weighted by molar-refractivity contribution is 6.36. The lowest BCUT2D eigenvalue weighted by molar-refractivity contribution is 0.00277. The Labute approximate surface area is 286 Å². The van der Waals surface area contributed by atoms with Crippen molar-refractivity contribution in [1.82, 2.24) is 15.1 Å². The molecule has 4 aliphatic heterocycles. The van der Waals surface area contributed by atoms with Gasteiger partial charge in [0.05, 0.1) is 24.2 Å². The smallest absolute Gasteiger partial charge is 0.410 e. The largest absolute Gasteiger partial charge is 0.481 e. The number of carbonyl (C=O) groups excluding carboxylic acids is 1. The Morgan fingerprint density at radius 1 is 1.09 bits per heavy atom. The minimum absolute atomic E-state index is 0.105. The molecule has 3 fully saturated rings. The second-order valence-electron chi connectivity index (χ2n) is 14.2. The van der Waals surface area contributed by atoms with Crippen molar-refractivity contribution < 1.29 is 14.3 Å². The number of aliphatic imine (C=N–C) groups is 1. The Balaban J connectivity index is 0.000000792. The third-order valence-corrected chi connectivity index (χ3v) is 9.71. The number of rotatable bonds is 6. The summed E-state index contributed by atoms with van der Waals surface area (Å²) in [5.41, 5.74) is 3.21. The van der Waals surface area contributed by atoms with Gasteiger partial charge in [-0.1, -0.05) is 49.2 Å². The van der Waals surface area contributed by atoms with Gasteiger partial charge in [-0.05, 0) is 114 Å². The zero-order chi connectivity index (χ0) is 33.6. The second kappa shape index (κ2) is 15.8. The number of halogens is 1. The lowest BCUT2D eigenvalue weighted by Gasteiger charge is -2.43. The second-order valence-corrected chi connectivity index (χ2v) is 14.6. The number of nitrogens with zero attached hydrogens (tertiary/aromatic N) is 4. The van der Waals surface area contributed by atoms with E-state index in [1.165, 1.54) is 42.8 Å². The van der Waals surface area contributed by atoms with Gasteiger partial charge in [0.1, 0.15) is 11.4 Å². The molecule has 0 aromatic heterocycles. The number of amidine groups is 1. The third-order valence-electron chi connectivity index (χ3n) is 9.39. The molecule has 2 bridgehead atoms. The first-order valence-electron chi connectivity index (χ1n) is 17.5. The molecule has 8 nitrogen and oxygen atoms in total. The minimum atomic E-state index is -0.512. The highest BCUT2D eigenvalue weighted by atomic mass is 35.5. The first-order chi connectivity index (χ1) is 22.6. The number of likely N-dealkylation sites (tertiary alicyclic amines) is 1. The van der Waals surface area contributed by atoms with Crippen LogP contribution in [0.5, 0.6) is 0 Å². The van der Waals surface area contributed by atoms with Crippen molar-refractivity contribution in [3.63, 3.8) is 0 Å². The molecule has 0 saturated carbocycles. The van der Waals surface area contributed by atoms with E-state index in [1.54, 1.807) is 7.11 Å². The molecule has 2 aromatic rings. The van der Waals surface area contributed by atoms with E-state index in [9.17, 15) is 4.79 Å². The number of carbonyl (C=O) groups is 1. The number of hydrogen-bond acceptors (Lipinski definition) is 6. The normalized spacial score (nSPS) is 22.1. The van der Waals surface area contributed by atoms with Gasteiger partial charge in [-0.15, -0.1) is 0 Å². The van der Waals surface area contributed by atoms with E-state index in [4.69, 9.17) is 26.1 Å². The molecule has 1 N–H and O–H groups in total. The van der Waals surface area contributed by atoms with Crippen molar-refractivity contribution in [1.29, 1.82) is 0 Å². The van der Waals surface area contributed by atoms with Crippen LogP contribution in [0.2, 0.25) is 5.02 Å². The number of hydrogen-bond donors (Lipinski definition) is 1. The number of anilines is 1. The van der Waals surface area contributed by atoms with E-state index < -0.39 is 5.60 Å². The highest BCUT2D eigenvalue weighted by Crippen LogP contribution is 2.37. The van der Waals surface area contributed by atoms with E-state index in [-0.39, 0.29) is 18.2 Å². The summed E-state index contributed by atoms with van der Waals surface area (Å²) in [7, 11) is 1.70. The summed E-state index contributed by atoms with van der Waals surface area (Å²) in [4.78, 5) is 25.1. The Kier molecular flexibility index (Phi) is 11.8. The molecule has 2 atom stereocenters. The Bertz CT molecular complexity index is 1470. The van der Waals surface area contributed by atoms with Crippen LogP contribution < -0.4 is 10.2 Å². The predicted molar refractivity (Wildman–Crippen MR) is 194 cm³/mol. The van der Waals surface area contributed by atoms with Gasteiger partial charge in [-0.25, -0.2) is 4.79 Å². The fraction of sp³-hybridized carbons (Fsp3) is 0.579. The van der Waals surface area contributed by atoms with Gasteiger partial charge in [0.15, 0.2) is 0 Å². The Morgan fingerprint density at radius 3 is 2.34 bits per heavy atom. The van der Waals surface area contributed by atoms with Crippen molar-refractivity contribution in [2.24, 2.45) is 4.99 Å².